The van der Waals surface area contributed by atoms with Gasteiger partial charge in [0.1, 0.15) is 15.2 Å². The highest BCUT2D eigenvalue weighted by Gasteiger charge is 2.19. The second kappa shape index (κ2) is 5.41. The Labute approximate surface area is 98.4 Å². The average Bonchev–Trinajstić information content (AvgIpc) is 2.65. The molecule has 0 aromatic carbocycles. The van der Waals surface area contributed by atoms with Crippen molar-refractivity contribution in [3.63, 3.8) is 0 Å². The Morgan fingerprint density at radius 3 is 2.81 bits per heavy atom. The third-order valence-electron chi connectivity index (χ3n) is 1.87. The summed E-state index contributed by atoms with van der Waals surface area (Å²) in [6.45, 7) is 1.60. The summed E-state index contributed by atoms with van der Waals surface area (Å²) in [5.74, 6) is 0. The van der Waals surface area contributed by atoms with Crippen LogP contribution in [-0.2, 0) is 10.0 Å². The van der Waals surface area contributed by atoms with Gasteiger partial charge in [0.15, 0.2) is 0 Å². The summed E-state index contributed by atoms with van der Waals surface area (Å²) in [6.07, 6.45) is 0.357. The Kier molecular flexibility index (Phi) is 4.44. The first kappa shape index (κ1) is 13.1. The fraction of sp³-hybridized carbons (Fsp3) is 0.444. The molecule has 1 rings (SSSR count). The summed E-state index contributed by atoms with van der Waals surface area (Å²) in [7, 11) is -3.56. The fourth-order valence-corrected chi connectivity index (χ4v) is 3.50. The predicted molar refractivity (Wildman–Crippen MR) is 60.5 cm³/mol. The van der Waals surface area contributed by atoms with Gasteiger partial charge in [0.2, 0.25) is 10.0 Å². The van der Waals surface area contributed by atoms with E-state index in [0.29, 0.717) is 11.3 Å². The van der Waals surface area contributed by atoms with Gasteiger partial charge in [-0.25, -0.2) is 13.1 Å². The van der Waals surface area contributed by atoms with Gasteiger partial charge in [-0.3, -0.25) is 0 Å². The molecule has 2 N–H and O–H groups in total. The van der Waals surface area contributed by atoms with E-state index < -0.39 is 10.0 Å². The molecule has 0 aliphatic rings. The van der Waals surface area contributed by atoms with E-state index >= 15 is 0 Å². The van der Waals surface area contributed by atoms with Gasteiger partial charge in [-0.1, -0.05) is 0 Å². The van der Waals surface area contributed by atoms with Crippen LogP contribution in [0.15, 0.2) is 16.3 Å². The van der Waals surface area contributed by atoms with Gasteiger partial charge < -0.3 is 5.11 Å². The summed E-state index contributed by atoms with van der Waals surface area (Å²) in [5, 5.41) is 17.3. The van der Waals surface area contributed by atoms with Crippen molar-refractivity contribution < 1.29 is 13.5 Å². The van der Waals surface area contributed by atoms with Crippen LogP contribution in [-0.4, -0.2) is 26.2 Å². The van der Waals surface area contributed by atoms with Gasteiger partial charge in [-0.2, -0.15) is 5.26 Å². The zero-order valence-corrected chi connectivity index (χ0v) is 10.3. The van der Waals surface area contributed by atoms with Gasteiger partial charge >= 0.3 is 0 Å². The Morgan fingerprint density at radius 1 is 1.62 bits per heavy atom. The van der Waals surface area contributed by atoms with Crippen molar-refractivity contribution in [2.75, 3.05) is 6.61 Å². The van der Waals surface area contributed by atoms with E-state index in [9.17, 15) is 8.42 Å². The van der Waals surface area contributed by atoms with Gasteiger partial charge in [0, 0.05) is 12.6 Å². The lowest BCUT2D eigenvalue weighted by atomic mass is 10.3. The van der Waals surface area contributed by atoms with Gasteiger partial charge in [0.25, 0.3) is 0 Å². The number of rotatable bonds is 5. The zero-order chi connectivity index (χ0) is 12.2. The predicted octanol–water partition coefficient (Wildman–Crippen LogP) is 0.669. The van der Waals surface area contributed by atoms with E-state index in [4.69, 9.17) is 10.4 Å². The van der Waals surface area contributed by atoms with E-state index in [1.807, 2.05) is 6.07 Å². The summed E-state index contributed by atoms with van der Waals surface area (Å²) < 4.78 is 26.1. The highest BCUT2D eigenvalue weighted by molar-refractivity contribution is 7.91. The molecular weight excluding hydrogens is 248 g/mol. The quantitative estimate of drug-likeness (QED) is 0.814. The first-order valence-electron chi connectivity index (χ1n) is 4.62. The van der Waals surface area contributed by atoms with E-state index in [-0.39, 0.29) is 16.9 Å². The lowest BCUT2D eigenvalue weighted by Gasteiger charge is -2.11. The molecule has 0 saturated carbocycles. The first-order valence-corrected chi connectivity index (χ1v) is 6.92. The molecule has 5 nitrogen and oxygen atoms in total. The van der Waals surface area contributed by atoms with Crippen molar-refractivity contribution in [3.05, 3.63) is 17.0 Å². The molecule has 1 heterocycles. The van der Waals surface area contributed by atoms with Crippen LogP contribution in [0.1, 0.15) is 18.2 Å². The van der Waals surface area contributed by atoms with E-state index in [1.165, 1.54) is 12.1 Å². The van der Waals surface area contributed by atoms with Crippen LogP contribution >= 0.6 is 11.3 Å². The molecule has 7 heteroatoms. The van der Waals surface area contributed by atoms with E-state index in [1.54, 1.807) is 6.92 Å². The third kappa shape index (κ3) is 3.28. The van der Waals surface area contributed by atoms with Gasteiger partial charge in [-0.05, 0) is 25.5 Å². The molecule has 0 fully saturated rings. The third-order valence-corrected chi connectivity index (χ3v) is 4.95. The molecule has 0 aliphatic carbocycles. The second-order valence-corrected chi connectivity index (χ2v) is 6.29. The molecule has 0 spiro atoms. The highest BCUT2D eigenvalue weighted by atomic mass is 32.2. The number of hydrogen-bond acceptors (Lipinski definition) is 5. The fourth-order valence-electron chi connectivity index (χ4n) is 1.10. The summed E-state index contributed by atoms with van der Waals surface area (Å²) in [5.41, 5.74) is 0. The molecule has 1 atom stereocenters. The molecule has 0 radical (unpaired) electrons. The molecule has 1 aromatic heterocycles. The maximum absolute atomic E-state index is 11.8. The van der Waals surface area contributed by atoms with Crippen molar-refractivity contribution in [1.29, 1.82) is 5.26 Å². The van der Waals surface area contributed by atoms with Gasteiger partial charge in [-0.15, -0.1) is 11.3 Å². The summed E-state index contributed by atoms with van der Waals surface area (Å²) in [4.78, 5) is 0.357. The number of aliphatic hydroxyl groups excluding tert-OH is 1. The molecule has 0 saturated heterocycles. The first-order chi connectivity index (χ1) is 7.49. The van der Waals surface area contributed by atoms with E-state index in [2.05, 4.69) is 4.72 Å². The highest BCUT2D eigenvalue weighted by Crippen LogP contribution is 2.20. The van der Waals surface area contributed by atoms with Crippen molar-refractivity contribution in [1.82, 2.24) is 4.72 Å². The van der Waals surface area contributed by atoms with Crippen LogP contribution in [0.2, 0.25) is 0 Å². The molecule has 1 aromatic rings. The number of thiophene rings is 1. The number of nitrogens with zero attached hydrogens (tertiary/aromatic N) is 1. The SMILES string of the molecule is CC(CCO)NS(=O)(=O)c1ccc(C#N)s1. The molecule has 1 unspecified atom stereocenters. The van der Waals surface area contributed by atoms with Crippen LogP contribution in [0.3, 0.4) is 0 Å². The van der Waals surface area contributed by atoms with Crippen molar-refractivity contribution in [2.45, 2.75) is 23.6 Å². The van der Waals surface area contributed by atoms with E-state index in [0.717, 1.165) is 11.3 Å². The lowest BCUT2D eigenvalue weighted by molar-refractivity contribution is 0.275. The molecule has 16 heavy (non-hydrogen) atoms. The molecule has 0 aliphatic heterocycles. The number of aliphatic hydroxyl groups is 1. The second-order valence-electron chi connectivity index (χ2n) is 3.27. The Hall–Kier alpha value is -0.940. The minimum absolute atomic E-state index is 0.0719. The Morgan fingerprint density at radius 2 is 2.31 bits per heavy atom. The van der Waals surface area contributed by atoms with Crippen LogP contribution in [0.4, 0.5) is 0 Å². The number of nitrogens with one attached hydrogen (secondary N) is 1. The smallest absolute Gasteiger partial charge is 0.250 e. The Balaban J connectivity index is 2.82. The normalized spacial score (nSPS) is 13.3. The van der Waals surface area contributed by atoms with Crippen LogP contribution in [0, 0.1) is 11.3 Å². The van der Waals surface area contributed by atoms with Crippen LogP contribution < -0.4 is 4.72 Å². The van der Waals surface area contributed by atoms with Crippen LogP contribution in [0.25, 0.3) is 0 Å². The average molecular weight is 260 g/mol. The molecule has 0 bridgehead atoms. The van der Waals surface area contributed by atoms with Crippen LogP contribution in [0.5, 0.6) is 0 Å². The maximum Gasteiger partial charge on any atom is 0.250 e. The van der Waals surface area contributed by atoms with Crippen molar-refractivity contribution >= 4 is 21.4 Å². The molecule has 0 amide bonds. The minimum Gasteiger partial charge on any atom is -0.396 e. The number of sulfonamides is 1. The minimum atomic E-state index is -3.56. The topological polar surface area (TPSA) is 90.2 Å². The van der Waals surface area contributed by atoms with Crippen molar-refractivity contribution in [3.8, 4) is 6.07 Å². The summed E-state index contributed by atoms with van der Waals surface area (Å²) >= 11 is 0.926. The monoisotopic (exact) mass is 260 g/mol. The zero-order valence-electron chi connectivity index (χ0n) is 8.67. The van der Waals surface area contributed by atoms with Crippen molar-refractivity contribution in [2.24, 2.45) is 0 Å². The number of nitriles is 1. The van der Waals surface area contributed by atoms with Gasteiger partial charge in [0.05, 0.1) is 0 Å². The summed E-state index contributed by atoms with van der Waals surface area (Å²) in [6, 6.07) is 4.42. The largest absolute Gasteiger partial charge is 0.396 e. The number of hydrogen-bond donors (Lipinski definition) is 2. The molecular formula is C9H12N2O3S2. The lowest BCUT2D eigenvalue weighted by Crippen LogP contribution is -2.32. The maximum atomic E-state index is 11.8. The Bertz CT molecular complexity index is 487. The molecule has 88 valence electrons. The standard InChI is InChI=1S/C9H12N2O3S2/c1-7(4-5-12)11-16(13,14)9-3-2-8(6-10)15-9/h2-3,7,11-12H,4-5H2,1H3.